The molecule has 2 atom stereocenters. The van der Waals surface area contributed by atoms with Crippen molar-refractivity contribution in [1.82, 2.24) is 9.97 Å². The molecular formula is C12H17N3O2. The van der Waals surface area contributed by atoms with E-state index in [1.807, 2.05) is 0 Å². The fraction of sp³-hybridized carbons (Fsp3) is 0.583. The van der Waals surface area contributed by atoms with Crippen molar-refractivity contribution in [2.24, 2.45) is 5.92 Å². The summed E-state index contributed by atoms with van der Waals surface area (Å²) in [5.41, 5.74) is 0.261. The molecule has 1 saturated heterocycles. The third-order valence-electron chi connectivity index (χ3n) is 3.09. The summed E-state index contributed by atoms with van der Waals surface area (Å²) in [6.07, 6.45) is 4.27. The van der Waals surface area contributed by atoms with Crippen molar-refractivity contribution in [1.29, 1.82) is 0 Å². The monoisotopic (exact) mass is 235 g/mol. The summed E-state index contributed by atoms with van der Waals surface area (Å²) in [6, 6.07) is 0.437. The average Bonchev–Trinajstić information content (AvgIpc) is 2.67. The maximum Gasteiger partial charge on any atom is 0.358 e. The molecule has 0 N–H and O–H groups in total. The molecule has 2 heterocycles. The van der Waals surface area contributed by atoms with Gasteiger partial charge in [0.1, 0.15) is 5.82 Å². The zero-order chi connectivity index (χ0) is 12.4. The molecule has 2 unspecified atom stereocenters. The van der Waals surface area contributed by atoms with Gasteiger partial charge in [-0.2, -0.15) is 0 Å². The number of hydrogen-bond donors (Lipinski definition) is 0. The first-order valence-corrected chi connectivity index (χ1v) is 5.78. The summed E-state index contributed by atoms with van der Waals surface area (Å²) in [4.78, 5) is 21.9. The van der Waals surface area contributed by atoms with Crippen LogP contribution in [0.2, 0.25) is 0 Å². The van der Waals surface area contributed by atoms with E-state index in [1.54, 1.807) is 6.20 Å². The van der Waals surface area contributed by atoms with Crippen molar-refractivity contribution in [2.75, 3.05) is 18.6 Å². The molecule has 0 radical (unpaired) electrons. The van der Waals surface area contributed by atoms with Crippen LogP contribution in [-0.4, -0.2) is 35.6 Å². The Morgan fingerprint density at radius 3 is 2.82 bits per heavy atom. The van der Waals surface area contributed by atoms with Crippen molar-refractivity contribution in [2.45, 2.75) is 26.3 Å². The second-order valence-corrected chi connectivity index (χ2v) is 4.60. The summed E-state index contributed by atoms with van der Waals surface area (Å²) in [6.45, 7) is 5.34. The molecule has 5 heteroatoms. The van der Waals surface area contributed by atoms with Gasteiger partial charge in [0.25, 0.3) is 0 Å². The van der Waals surface area contributed by atoms with Crippen LogP contribution in [0.3, 0.4) is 0 Å². The molecular weight excluding hydrogens is 218 g/mol. The Bertz CT molecular complexity index is 422. The van der Waals surface area contributed by atoms with Crippen LogP contribution in [0.15, 0.2) is 12.4 Å². The number of hydrogen-bond acceptors (Lipinski definition) is 5. The van der Waals surface area contributed by atoms with E-state index in [9.17, 15) is 4.79 Å². The summed E-state index contributed by atoms with van der Waals surface area (Å²) in [5, 5.41) is 0. The first kappa shape index (κ1) is 11.8. The number of rotatable bonds is 2. The fourth-order valence-electron chi connectivity index (χ4n) is 2.32. The number of anilines is 1. The van der Waals surface area contributed by atoms with Crippen molar-refractivity contribution >= 4 is 11.8 Å². The summed E-state index contributed by atoms with van der Waals surface area (Å²) in [7, 11) is 1.34. The van der Waals surface area contributed by atoms with Crippen LogP contribution in [0.1, 0.15) is 30.8 Å². The van der Waals surface area contributed by atoms with Gasteiger partial charge < -0.3 is 9.64 Å². The minimum atomic E-state index is -0.445. The smallest absolute Gasteiger partial charge is 0.358 e. The number of esters is 1. The standard InChI is InChI=1S/C12H17N3O2/c1-8-4-9(2)15(7-8)11-6-13-5-10(14-11)12(16)17-3/h5-6,8-9H,4,7H2,1-3H3. The summed E-state index contributed by atoms with van der Waals surface area (Å²) < 4.78 is 4.64. The predicted octanol–water partition coefficient (Wildman–Crippen LogP) is 1.50. The molecule has 0 aromatic carbocycles. The van der Waals surface area contributed by atoms with Gasteiger partial charge in [-0.15, -0.1) is 0 Å². The Labute approximate surface area is 101 Å². The van der Waals surface area contributed by atoms with E-state index in [0.717, 1.165) is 18.8 Å². The Balaban J connectivity index is 2.24. The molecule has 2 rings (SSSR count). The average molecular weight is 235 g/mol. The molecule has 1 aliphatic rings. The maximum atomic E-state index is 11.4. The Morgan fingerprint density at radius 1 is 1.47 bits per heavy atom. The second-order valence-electron chi connectivity index (χ2n) is 4.60. The predicted molar refractivity (Wildman–Crippen MR) is 64.0 cm³/mol. The van der Waals surface area contributed by atoms with Gasteiger partial charge in [0.05, 0.1) is 19.5 Å². The Kier molecular flexibility index (Phi) is 3.26. The van der Waals surface area contributed by atoms with Crippen LogP contribution in [0.5, 0.6) is 0 Å². The SMILES string of the molecule is COC(=O)c1cncc(N2CC(C)CC2C)n1. The van der Waals surface area contributed by atoms with Crippen LogP contribution in [-0.2, 0) is 4.74 Å². The molecule has 0 amide bonds. The van der Waals surface area contributed by atoms with Gasteiger partial charge in [0.15, 0.2) is 5.69 Å². The zero-order valence-corrected chi connectivity index (χ0v) is 10.4. The Morgan fingerprint density at radius 2 is 2.24 bits per heavy atom. The molecule has 1 fully saturated rings. The molecule has 0 saturated carbocycles. The van der Waals surface area contributed by atoms with Crippen LogP contribution in [0.4, 0.5) is 5.82 Å². The van der Waals surface area contributed by atoms with Crippen molar-refractivity contribution in [3.8, 4) is 0 Å². The van der Waals surface area contributed by atoms with E-state index in [1.165, 1.54) is 13.3 Å². The summed E-state index contributed by atoms with van der Waals surface area (Å²) in [5.74, 6) is 0.956. The number of carbonyl (C=O) groups excluding carboxylic acids is 1. The van der Waals surface area contributed by atoms with Crippen molar-refractivity contribution in [3.63, 3.8) is 0 Å². The maximum absolute atomic E-state index is 11.4. The number of nitrogens with zero attached hydrogens (tertiary/aromatic N) is 3. The minimum absolute atomic E-state index is 0.261. The van der Waals surface area contributed by atoms with Gasteiger partial charge in [0.2, 0.25) is 0 Å². The van der Waals surface area contributed by atoms with E-state index in [4.69, 9.17) is 0 Å². The molecule has 0 spiro atoms. The quantitative estimate of drug-likeness (QED) is 0.727. The van der Waals surface area contributed by atoms with Crippen LogP contribution in [0.25, 0.3) is 0 Å². The molecule has 0 bridgehead atoms. The number of aromatic nitrogens is 2. The van der Waals surface area contributed by atoms with Crippen molar-refractivity contribution in [3.05, 3.63) is 18.1 Å². The topological polar surface area (TPSA) is 55.3 Å². The fourth-order valence-corrected chi connectivity index (χ4v) is 2.32. The van der Waals surface area contributed by atoms with Gasteiger partial charge in [-0.25, -0.2) is 9.78 Å². The lowest BCUT2D eigenvalue weighted by molar-refractivity contribution is 0.0593. The van der Waals surface area contributed by atoms with E-state index >= 15 is 0 Å². The highest BCUT2D eigenvalue weighted by atomic mass is 16.5. The lowest BCUT2D eigenvalue weighted by Crippen LogP contribution is -2.28. The molecule has 0 aliphatic carbocycles. The van der Waals surface area contributed by atoms with Crippen LogP contribution in [0, 0.1) is 5.92 Å². The molecule has 92 valence electrons. The Hall–Kier alpha value is -1.65. The van der Waals surface area contributed by atoms with Crippen LogP contribution >= 0.6 is 0 Å². The third-order valence-corrected chi connectivity index (χ3v) is 3.09. The number of ether oxygens (including phenoxy) is 1. The van der Waals surface area contributed by atoms with Gasteiger partial charge in [-0.3, -0.25) is 4.98 Å². The molecule has 1 aliphatic heterocycles. The normalized spacial score (nSPS) is 23.8. The van der Waals surface area contributed by atoms with Gasteiger partial charge in [-0.1, -0.05) is 6.92 Å². The molecule has 5 nitrogen and oxygen atoms in total. The lowest BCUT2D eigenvalue weighted by Gasteiger charge is -2.22. The number of carbonyl (C=O) groups is 1. The molecule has 17 heavy (non-hydrogen) atoms. The third kappa shape index (κ3) is 2.38. The van der Waals surface area contributed by atoms with E-state index in [2.05, 4.69) is 33.5 Å². The highest BCUT2D eigenvalue weighted by Gasteiger charge is 2.27. The first-order chi connectivity index (χ1) is 8.11. The van der Waals surface area contributed by atoms with Crippen LogP contribution < -0.4 is 4.90 Å². The highest BCUT2D eigenvalue weighted by molar-refractivity contribution is 5.87. The van der Waals surface area contributed by atoms with Gasteiger partial charge >= 0.3 is 5.97 Å². The van der Waals surface area contributed by atoms with E-state index < -0.39 is 5.97 Å². The van der Waals surface area contributed by atoms with Gasteiger partial charge in [-0.05, 0) is 19.3 Å². The lowest BCUT2D eigenvalue weighted by atomic mass is 10.1. The highest BCUT2D eigenvalue weighted by Crippen LogP contribution is 2.26. The van der Waals surface area contributed by atoms with E-state index in [0.29, 0.717) is 12.0 Å². The largest absolute Gasteiger partial charge is 0.464 e. The minimum Gasteiger partial charge on any atom is -0.464 e. The second kappa shape index (κ2) is 4.69. The number of methoxy groups -OCH3 is 1. The molecule has 1 aromatic heterocycles. The van der Waals surface area contributed by atoms with E-state index in [-0.39, 0.29) is 5.69 Å². The first-order valence-electron chi connectivity index (χ1n) is 5.78. The van der Waals surface area contributed by atoms with Gasteiger partial charge in [0, 0.05) is 12.6 Å². The van der Waals surface area contributed by atoms with Crippen molar-refractivity contribution < 1.29 is 9.53 Å². The zero-order valence-electron chi connectivity index (χ0n) is 10.4. The summed E-state index contributed by atoms with van der Waals surface area (Å²) >= 11 is 0. The molecule has 1 aromatic rings.